The summed E-state index contributed by atoms with van der Waals surface area (Å²) in [5, 5.41) is 8.73. The van der Waals surface area contributed by atoms with Gasteiger partial charge < -0.3 is 5.32 Å². The number of hydrogen-bond donors (Lipinski definition) is 1. The second-order valence-electron chi connectivity index (χ2n) is 10.0. The Morgan fingerprint density at radius 1 is 1.06 bits per heavy atom. The van der Waals surface area contributed by atoms with Crippen LogP contribution < -0.4 is 5.32 Å². The number of nitrogens with one attached hydrogen (secondary N) is 1. The molecule has 32 heavy (non-hydrogen) atoms. The van der Waals surface area contributed by atoms with Gasteiger partial charge in [0.1, 0.15) is 0 Å². The number of hydrogen-bond acceptors (Lipinski definition) is 5. The zero-order chi connectivity index (χ0) is 21.8. The number of nitrogens with zero attached hydrogens (tertiary/aromatic N) is 4. The Labute approximate surface area is 192 Å². The van der Waals surface area contributed by atoms with Gasteiger partial charge in [0.25, 0.3) is 11.7 Å². The van der Waals surface area contributed by atoms with Crippen LogP contribution in [0.4, 0.5) is 0 Å². The summed E-state index contributed by atoms with van der Waals surface area (Å²) in [6.45, 7) is 3.97. The van der Waals surface area contributed by atoms with Crippen LogP contribution >= 0.6 is 11.8 Å². The molecule has 0 spiro atoms. The van der Waals surface area contributed by atoms with Crippen LogP contribution in [-0.4, -0.2) is 31.5 Å². The van der Waals surface area contributed by atoms with E-state index in [1.807, 2.05) is 44.2 Å². The summed E-state index contributed by atoms with van der Waals surface area (Å²) in [6.07, 6.45) is 6.66. The zero-order valence-corrected chi connectivity index (χ0v) is 19.4. The minimum absolute atomic E-state index is 0.0785. The first-order valence-electron chi connectivity index (χ1n) is 11.8. The van der Waals surface area contributed by atoms with E-state index in [0.717, 1.165) is 34.4 Å². The van der Waals surface area contributed by atoms with Gasteiger partial charge in [-0.25, -0.2) is 9.50 Å². The quantitative estimate of drug-likeness (QED) is 0.579. The van der Waals surface area contributed by atoms with E-state index < -0.39 is 0 Å². The summed E-state index contributed by atoms with van der Waals surface area (Å²) in [5.74, 6) is 4.53. The number of benzene rings is 1. The number of fused-ring (bicyclic) bond motifs is 1. The molecule has 4 bridgehead atoms. The van der Waals surface area contributed by atoms with Gasteiger partial charge >= 0.3 is 0 Å². The molecule has 166 valence electrons. The third-order valence-electron chi connectivity index (χ3n) is 7.74. The maximum absolute atomic E-state index is 13.3. The number of carbonyl (C=O) groups excluding carboxylic acids is 1. The van der Waals surface area contributed by atoms with Crippen molar-refractivity contribution in [2.75, 3.05) is 0 Å². The van der Waals surface area contributed by atoms with E-state index in [1.165, 1.54) is 32.1 Å². The topological polar surface area (TPSA) is 72.2 Å². The summed E-state index contributed by atoms with van der Waals surface area (Å²) in [6, 6.07) is 10.3. The molecule has 2 heterocycles. The lowest BCUT2D eigenvalue weighted by atomic mass is 9.54. The minimum Gasteiger partial charge on any atom is -0.349 e. The average molecular weight is 448 g/mol. The molecule has 3 aromatic rings. The number of thioether (sulfide) groups is 1. The molecule has 7 heteroatoms. The van der Waals surface area contributed by atoms with Crippen molar-refractivity contribution in [3.05, 3.63) is 52.8 Å². The highest BCUT2D eigenvalue weighted by molar-refractivity contribution is 7.98. The number of rotatable bonds is 5. The molecule has 1 N–H and O–H groups in total. The zero-order valence-electron chi connectivity index (χ0n) is 18.6. The molecule has 4 saturated carbocycles. The van der Waals surface area contributed by atoms with Crippen molar-refractivity contribution in [1.29, 1.82) is 0 Å². The van der Waals surface area contributed by atoms with E-state index >= 15 is 0 Å². The molecule has 4 fully saturated rings. The molecule has 0 radical (unpaired) electrons. The largest absolute Gasteiger partial charge is 0.349 e. The van der Waals surface area contributed by atoms with E-state index in [9.17, 15) is 4.79 Å². The predicted molar refractivity (Wildman–Crippen MR) is 125 cm³/mol. The first-order valence-corrected chi connectivity index (χ1v) is 12.7. The van der Waals surface area contributed by atoms with Gasteiger partial charge in [0.2, 0.25) is 5.16 Å². The van der Waals surface area contributed by atoms with Crippen LogP contribution in [0.3, 0.4) is 0 Å². The lowest BCUT2D eigenvalue weighted by molar-refractivity contribution is -0.0119. The third-order valence-corrected chi connectivity index (χ3v) is 8.63. The SMILES string of the molecule is Cc1cc(C)n2nc(SCc3ccccc3C(=O)NC3C4CC5CC(C4)CC3C5)nc2n1. The van der Waals surface area contributed by atoms with Crippen molar-refractivity contribution in [3.8, 4) is 0 Å². The summed E-state index contributed by atoms with van der Waals surface area (Å²) in [7, 11) is 0. The second kappa shape index (κ2) is 7.87. The van der Waals surface area contributed by atoms with Gasteiger partial charge in [-0.15, -0.1) is 5.10 Å². The Balaban J connectivity index is 1.18. The van der Waals surface area contributed by atoms with Crippen molar-refractivity contribution in [3.63, 3.8) is 0 Å². The maximum Gasteiger partial charge on any atom is 0.253 e. The van der Waals surface area contributed by atoms with Gasteiger partial charge in [0.15, 0.2) is 0 Å². The van der Waals surface area contributed by atoms with E-state index in [2.05, 4.69) is 20.4 Å². The van der Waals surface area contributed by atoms with Gasteiger partial charge in [-0.1, -0.05) is 30.0 Å². The summed E-state index contributed by atoms with van der Waals surface area (Å²) in [5.41, 5.74) is 3.76. The van der Waals surface area contributed by atoms with Crippen LogP contribution in [0, 0.1) is 37.5 Å². The number of aryl methyl sites for hydroxylation is 2. The molecule has 6 nitrogen and oxygen atoms in total. The highest BCUT2D eigenvalue weighted by Gasteiger charge is 2.48. The van der Waals surface area contributed by atoms with Crippen molar-refractivity contribution < 1.29 is 4.79 Å². The predicted octanol–water partition coefficient (Wildman–Crippen LogP) is 4.59. The van der Waals surface area contributed by atoms with E-state index in [0.29, 0.717) is 34.6 Å². The highest BCUT2D eigenvalue weighted by Crippen LogP contribution is 2.53. The molecule has 1 amide bonds. The second-order valence-corrected chi connectivity index (χ2v) is 11.0. The van der Waals surface area contributed by atoms with Gasteiger partial charge in [-0.05, 0) is 87.3 Å². The summed E-state index contributed by atoms with van der Waals surface area (Å²) >= 11 is 1.55. The Hall–Kier alpha value is -2.41. The monoisotopic (exact) mass is 447 g/mol. The lowest BCUT2D eigenvalue weighted by Gasteiger charge is -2.54. The fourth-order valence-corrected chi connectivity index (χ4v) is 7.43. The van der Waals surface area contributed by atoms with Gasteiger partial charge in [0.05, 0.1) is 0 Å². The average Bonchev–Trinajstić information content (AvgIpc) is 3.17. The van der Waals surface area contributed by atoms with Crippen molar-refractivity contribution in [2.24, 2.45) is 23.7 Å². The van der Waals surface area contributed by atoms with E-state index in [4.69, 9.17) is 0 Å². The molecule has 0 unspecified atom stereocenters. The van der Waals surface area contributed by atoms with Crippen LogP contribution in [0.15, 0.2) is 35.5 Å². The van der Waals surface area contributed by atoms with Gasteiger partial charge in [0, 0.05) is 28.7 Å². The van der Waals surface area contributed by atoms with Crippen molar-refractivity contribution >= 4 is 23.4 Å². The molecule has 0 atom stereocenters. The fourth-order valence-electron chi connectivity index (χ4n) is 6.61. The Morgan fingerprint density at radius 2 is 1.78 bits per heavy atom. The summed E-state index contributed by atoms with van der Waals surface area (Å²) in [4.78, 5) is 22.4. The smallest absolute Gasteiger partial charge is 0.253 e. The first kappa shape index (κ1) is 20.2. The Bertz CT molecular complexity index is 1160. The molecular weight excluding hydrogens is 418 g/mol. The molecular formula is C25H29N5OS. The molecule has 1 aromatic carbocycles. The molecule has 0 saturated heterocycles. The van der Waals surface area contributed by atoms with Crippen LogP contribution in [0.2, 0.25) is 0 Å². The Kier molecular flexibility index (Phi) is 4.97. The first-order chi connectivity index (χ1) is 15.5. The van der Waals surface area contributed by atoms with Gasteiger partial charge in [-0.3, -0.25) is 4.79 Å². The lowest BCUT2D eigenvalue weighted by Crippen LogP contribution is -2.55. The fraction of sp³-hybridized carbons (Fsp3) is 0.520. The summed E-state index contributed by atoms with van der Waals surface area (Å²) < 4.78 is 1.78. The van der Waals surface area contributed by atoms with Crippen LogP contribution in [0.5, 0.6) is 0 Å². The minimum atomic E-state index is 0.0785. The van der Waals surface area contributed by atoms with Crippen LogP contribution in [0.1, 0.15) is 59.4 Å². The number of amides is 1. The Morgan fingerprint density at radius 3 is 2.53 bits per heavy atom. The molecule has 4 aliphatic carbocycles. The van der Waals surface area contributed by atoms with Crippen molar-refractivity contribution in [2.45, 2.75) is 62.9 Å². The normalized spacial score (nSPS) is 28.4. The maximum atomic E-state index is 13.3. The number of carbonyl (C=O) groups is 1. The molecule has 2 aromatic heterocycles. The van der Waals surface area contributed by atoms with Crippen LogP contribution in [-0.2, 0) is 5.75 Å². The van der Waals surface area contributed by atoms with Crippen molar-refractivity contribution in [1.82, 2.24) is 24.9 Å². The van der Waals surface area contributed by atoms with Crippen LogP contribution in [0.25, 0.3) is 5.78 Å². The third kappa shape index (κ3) is 3.60. The molecule has 7 rings (SSSR count). The number of aromatic nitrogens is 4. The van der Waals surface area contributed by atoms with Gasteiger partial charge in [-0.2, -0.15) is 4.98 Å². The molecule has 4 aliphatic rings. The standard InChI is InChI=1S/C25H29N5OS/c1-14-7-15(2)30-24(26-14)28-25(29-30)32-13-18-5-3-4-6-21(18)23(31)27-22-19-9-16-8-17(11-19)12-20(22)10-16/h3-7,16-17,19-20,22H,8-13H2,1-2H3,(H,27,31). The van der Waals surface area contributed by atoms with E-state index in [-0.39, 0.29) is 5.91 Å². The van der Waals surface area contributed by atoms with E-state index in [1.54, 1.807) is 16.3 Å². The highest BCUT2D eigenvalue weighted by atomic mass is 32.2. The molecule has 0 aliphatic heterocycles.